The van der Waals surface area contributed by atoms with E-state index in [0.717, 1.165) is 17.8 Å². The van der Waals surface area contributed by atoms with Gasteiger partial charge in [-0.05, 0) is 54.3 Å². The highest BCUT2D eigenvalue weighted by molar-refractivity contribution is 7.94. The number of methoxy groups -OCH3 is 1. The number of phenolic OH excluding ortho intramolecular Hbond substituents is 1. The Hall–Kier alpha value is -4.73. The van der Waals surface area contributed by atoms with Crippen LogP contribution in [0.1, 0.15) is 5.56 Å². The Balaban J connectivity index is 1.57. The van der Waals surface area contributed by atoms with E-state index in [-0.39, 0.29) is 49.9 Å². The summed E-state index contributed by atoms with van der Waals surface area (Å²) in [6, 6.07) is 15.8. The van der Waals surface area contributed by atoms with Gasteiger partial charge in [-0.25, -0.2) is 5.26 Å². The number of hydrogen-bond donors (Lipinski definition) is 5. The Morgan fingerprint density at radius 2 is 1.52 bits per heavy atom. The van der Waals surface area contributed by atoms with Crippen molar-refractivity contribution < 1.29 is 50.4 Å². The lowest BCUT2D eigenvalue weighted by Crippen LogP contribution is -2.03. The molecule has 0 spiro atoms. The van der Waals surface area contributed by atoms with E-state index in [1.54, 1.807) is 38.2 Å². The molecule has 48 heavy (non-hydrogen) atoms. The monoisotopic (exact) mass is 715 g/mol. The number of ether oxygens (including phenoxy) is 1. The molecule has 5 rings (SSSR count). The van der Waals surface area contributed by atoms with Crippen LogP contribution in [0.4, 0.5) is 28.4 Å². The molecule has 0 saturated heterocycles. The van der Waals surface area contributed by atoms with Gasteiger partial charge in [0.15, 0.2) is 5.75 Å². The summed E-state index contributed by atoms with van der Waals surface area (Å²) < 4.78 is 78.2. The van der Waals surface area contributed by atoms with Gasteiger partial charge in [0.2, 0.25) is 0 Å². The summed E-state index contributed by atoms with van der Waals surface area (Å²) in [5, 5.41) is 43.9. The molecule has 0 aliphatic rings. The zero-order valence-corrected chi connectivity index (χ0v) is 27.5. The average molecular weight is 716 g/mol. The first-order chi connectivity index (χ1) is 22.8. The van der Waals surface area contributed by atoms with Gasteiger partial charge < -0.3 is 15.2 Å². The molecular formula is C29H25N5O11S3. The number of hydrogen-bond acceptors (Lipinski definition) is 15. The summed E-state index contributed by atoms with van der Waals surface area (Å²) in [6.45, 7) is 1.65. The van der Waals surface area contributed by atoms with Gasteiger partial charge in [-0.2, -0.15) is 21.9 Å². The maximum absolute atomic E-state index is 12.4. The number of phenols is 1. The van der Waals surface area contributed by atoms with E-state index in [1.807, 2.05) is 0 Å². The number of nitrogens with zero attached hydrogens (tertiary/aromatic N) is 4. The normalized spacial score (nSPS) is 12.5. The first kappa shape index (κ1) is 34.6. The van der Waals surface area contributed by atoms with Crippen LogP contribution in [0.5, 0.6) is 11.5 Å². The molecule has 5 N–H and O–H groups in total. The van der Waals surface area contributed by atoms with Crippen LogP contribution >= 0.6 is 12.0 Å². The molecule has 250 valence electrons. The molecule has 16 nitrogen and oxygen atoms in total. The largest absolute Gasteiger partial charge is 0.505 e. The van der Waals surface area contributed by atoms with Gasteiger partial charge in [-0.3, -0.25) is 9.11 Å². The number of azo groups is 2. The van der Waals surface area contributed by atoms with E-state index in [4.69, 9.17) is 9.99 Å². The molecule has 0 bridgehead atoms. The van der Waals surface area contributed by atoms with Crippen LogP contribution in [0.25, 0.3) is 21.5 Å². The highest BCUT2D eigenvalue weighted by atomic mass is 32.2. The molecule has 0 atom stereocenters. The van der Waals surface area contributed by atoms with E-state index in [0.29, 0.717) is 28.4 Å². The molecule has 0 heterocycles. The van der Waals surface area contributed by atoms with Crippen molar-refractivity contribution in [1.29, 1.82) is 0 Å². The summed E-state index contributed by atoms with van der Waals surface area (Å²) in [5.74, 6) is -0.0706. The van der Waals surface area contributed by atoms with Crippen LogP contribution in [0.3, 0.4) is 0 Å². The van der Waals surface area contributed by atoms with Gasteiger partial charge in [0, 0.05) is 35.0 Å². The Kier molecular flexibility index (Phi) is 9.94. The van der Waals surface area contributed by atoms with Crippen LogP contribution in [0, 0.1) is 6.92 Å². The van der Waals surface area contributed by atoms with E-state index in [9.17, 15) is 31.0 Å². The third-order valence-electron chi connectivity index (χ3n) is 7.00. The van der Waals surface area contributed by atoms with Crippen molar-refractivity contribution in [3.63, 3.8) is 0 Å². The molecule has 0 unspecified atom stereocenters. The lowest BCUT2D eigenvalue weighted by molar-refractivity contribution is -0.432. The summed E-state index contributed by atoms with van der Waals surface area (Å²) in [7, 11) is -6.60. The maximum Gasteiger partial charge on any atom is 0.297 e. The quantitative estimate of drug-likeness (QED) is 0.0289. The third kappa shape index (κ3) is 7.07. The predicted octanol–water partition coefficient (Wildman–Crippen LogP) is 7.81. The minimum Gasteiger partial charge on any atom is -0.505 e. The molecule has 0 aliphatic heterocycles. The fraction of sp³-hybridized carbons (Fsp3) is 0.103. The smallest absolute Gasteiger partial charge is 0.297 e. The Morgan fingerprint density at radius 3 is 2.19 bits per heavy atom. The second kappa shape index (κ2) is 13.8. The van der Waals surface area contributed by atoms with Crippen molar-refractivity contribution in [2.45, 2.75) is 21.6 Å². The second-order valence-electron chi connectivity index (χ2n) is 9.91. The summed E-state index contributed by atoms with van der Waals surface area (Å²) in [6.07, 6.45) is 0. The Bertz CT molecular complexity index is 2350. The molecule has 19 heteroatoms. The minimum atomic E-state index is -4.96. The van der Waals surface area contributed by atoms with Gasteiger partial charge >= 0.3 is 0 Å². The molecule has 0 saturated carbocycles. The van der Waals surface area contributed by atoms with Crippen molar-refractivity contribution in [2.24, 2.45) is 20.5 Å². The highest BCUT2D eigenvalue weighted by Gasteiger charge is 2.24. The lowest BCUT2D eigenvalue weighted by Gasteiger charge is -2.11. The first-order valence-electron chi connectivity index (χ1n) is 13.4. The number of fused-ring (bicyclic) bond motifs is 2. The van der Waals surface area contributed by atoms with Gasteiger partial charge in [-0.1, -0.05) is 29.3 Å². The zero-order chi connectivity index (χ0) is 34.8. The van der Waals surface area contributed by atoms with Crippen LogP contribution in [-0.4, -0.2) is 50.5 Å². The van der Waals surface area contributed by atoms with Gasteiger partial charge in [-0.15, -0.1) is 19.7 Å². The maximum atomic E-state index is 12.4. The van der Waals surface area contributed by atoms with Crippen molar-refractivity contribution in [1.82, 2.24) is 0 Å². The number of anilines is 1. The topological polar surface area (TPSA) is 238 Å². The van der Waals surface area contributed by atoms with Crippen LogP contribution < -0.4 is 10.1 Å². The molecule has 0 aliphatic carbocycles. The number of aryl methyl sites for hydroxylation is 1. The summed E-state index contributed by atoms with van der Waals surface area (Å²) in [4.78, 5) is -1.02. The van der Waals surface area contributed by atoms with Crippen LogP contribution in [-0.2, 0) is 29.6 Å². The summed E-state index contributed by atoms with van der Waals surface area (Å²) in [5.41, 5.74) is 1.30. The highest BCUT2D eigenvalue weighted by Crippen LogP contribution is 2.46. The van der Waals surface area contributed by atoms with E-state index in [2.05, 4.69) is 35.1 Å². The number of benzene rings is 5. The number of nitrogens with one attached hydrogen (secondary N) is 1. The third-order valence-corrected chi connectivity index (χ3v) is 9.48. The lowest BCUT2D eigenvalue weighted by atomic mass is 10.1. The molecule has 0 radical (unpaired) electrons. The van der Waals surface area contributed by atoms with E-state index in [1.165, 1.54) is 37.4 Å². The Labute approximate surface area is 277 Å². The van der Waals surface area contributed by atoms with Crippen molar-refractivity contribution >= 4 is 82.3 Å². The fourth-order valence-corrected chi connectivity index (χ4v) is 6.83. The predicted molar refractivity (Wildman–Crippen MR) is 175 cm³/mol. The van der Waals surface area contributed by atoms with Crippen molar-refractivity contribution in [3.8, 4) is 11.5 Å². The number of rotatable bonds is 11. The van der Waals surface area contributed by atoms with Crippen LogP contribution in [0.15, 0.2) is 102 Å². The first-order valence-corrected chi connectivity index (χ1v) is 17.0. The van der Waals surface area contributed by atoms with Crippen molar-refractivity contribution in [2.75, 3.05) is 19.5 Å². The molecule has 5 aromatic rings. The standard InChI is InChI=1S/C29H25N5O11S3/c1-15-11-23(33-34-27-25(46-45-44-36)12-16-7-8-17(30-2)13-20(16)28(27)35)24(43-3)14-22(15)32-31-21-10-9-18-19(29(21)48(40,41)42)5-4-6-26(18)47(37,38)39/h4-14,30,35-36H,1-3H3,(H,37,38,39)(H,40,41,42). The van der Waals surface area contributed by atoms with Gasteiger partial charge in [0.25, 0.3) is 20.2 Å². The number of aromatic hydroxyl groups is 1. The van der Waals surface area contributed by atoms with Crippen LogP contribution in [0.2, 0.25) is 0 Å². The summed E-state index contributed by atoms with van der Waals surface area (Å²) >= 11 is 0.583. The molecule has 0 aromatic heterocycles. The van der Waals surface area contributed by atoms with E-state index < -0.39 is 30.0 Å². The molecular weight excluding hydrogens is 691 g/mol. The van der Waals surface area contributed by atoms with Crippen molar-refractivity contribution in [3.05, 3.63) is 72.3 Å². The molecule has 0 amide bonds. The Morgan fingerprint density at radius 1 is 0.792 bits per heavy atom. The van der Waals surface area contributed by atoms with Gasteiger partial charge in [0.1, 0.15) is 32.6 Å². The fourth-order valence-electron chi connectivity index (χ4n) is 4.80. The van der Waals surface area contributed by atoms with E-state index >= 15 is 0 Å². The van der Waals surface area contributed by atoms with Gasteiger partial charge in [0.05, 0.1) is 29.7 Å². The molecule has 5 aromatic carbocycles. The second-order valence-corrected chi connectivity index (χ2v) is 13.4. The minimum absolute atomic E-state index is 0.00697. The SMILES string of the molecule is CNc1ccc2cc(SOOO)c(N=Nc3cc(C)c(N=Nc4ccc5c(S(=O)(=O)O)cccc5c4S(=O)(=O)O)cc3OC)c(O)c2c1. The zero-order valence-electron chi connectivity index (χ0n) is 25.0. The average Bonchev–Trinajstić information content (AvgIpc) is 3.04. The molecule has 0 fully saturated rings.